The van der Waals surface area contributed by atoms with Crippen LogP contribution in [-0.2, 0) is 4.74 Å². The minimum absolute atomic E-state index is 0.00871. The van der Waals surface area contributed by atoms with Crippen LogP contribution in [-0.4, -0.2) is 42.3 Å². The zero-order chi connectivity index (χ0) is 15.4. The molecule has 0 saturated carbocycles. The van der Waals surface area contributed by atoms with Gasteiger partial charge in [-0.3, -0.25) is 0 Å². The summed E-state index contributed by atoms with van der Waals surface area (Å²) in [6.45, 7) is 0. The molecule has 2 rings (SSSR count). The van der Waals surface area contributed by atoms with Gasteiger partial charge in [-0.15, -0.1) is 0 Å². The Balaban J connectivity index is 2.60. The lowest BCUT2D eigenvalue weighted by molar-refractivity contribution is 0.0595. The van der Waals surface area contributed by atoms with Crippen molar-refractivity contribution >= 4 is 11.8 Å². The number of nitrogens with two attached hydrogens (primary N) is 1. The fraction of sp³-hybridized carbons (Fsp3) is 0.231. The Morgan fingerprint density at radius 1 is 1.19 bits per heavy atom. The standard InChI is InChI=1S/C13H14N4O4/c1-19-10-7(4-5-15-12(10)20-2)8-6-16-11(14)9(17-8)13(18)21-3/h4-6H,1-3H3,(H2,14,16). The summed E-state index contributed by atoms with van der Waals surface area (Å²) in [5.41, 5.74) is 6.53. The van der Waals surface area contributed by atoms with Crippen molar-refractivity contribution in [2.75, 3.05) is 27.1 Å². The molecule has 21 heavy (non-hydrogen) atoms. The van der Waals surface area contributed by atoms with Gasteiger partial charge in [0.2, 0.25) is 0 Å². The highest BCUT2D eigenvalue weighted by Crippen LogP contribution is 2.35. The topological polar surface area (TPSA) is 109 Å². The van der Waals surface area contributed by atoms with Crippen molar-refractivity contribution in [2.24, 2.45) is 0 Å². The summed E-state index contributed by atoms with van der Waals surface area (Å²) in [6.07, 6.45) is 2.96. The molecule has 0 aromatic carbocycles. The zero-order valence-corrected chi connectivity index (χ0v) is 11.8. The smallest absolute Gasteiger partial charge is 0.360 e. The van der Waals surface area contributed by atoms with Crippen molar-refractivity contribution in [3.8, 4) is 22.9 Å². The van der Waals surface area contributed by atoms with Crippen LogP contribution in [0.15, 0.2) is 18.5 Å². The first-order chi connectivity index (χ1) is 10.1. The Bertz CT molecular complexity index is 675. The maximum atomic E-state index is 11.6. The van der Waals surface area contributed by atoms with Crippen LogP contribution < -0.4 is 15.2 Å². The third-order valence-corrected chi connectivity index (χ3v) is 2.72. The van der Waals surface area contributed by atoms with E-state index in [4.69, 9.17) is 15.2 Å². The number of aromatic nitrogens is 3. The highest BCUT2D eigenvalue weighted by Gasteiger charge is 2.18. The second kappa shape index (κ2) is 6.04. The van der Waals surface area contributed by atoms with Gasteiger partial charge in [0.15, 0.2) is 17.3 Å². The van der Waals surface area contributed by atoms with Gasteiger partial charge in [-0.05, 0) is 6.07 Å². The molecule has 0 atom stereocenters. The van der Waals surface area contributed by atoms with Crippen LogP contribution in [0.1, 0.15) is 10.5 Å². The Morgan fingerprint density at radius 2 is 1.95 bits per heavy atom. The van der Waals surface area contributed by atoms with Crippen molar-refractivity contribution in [1.82, 2.24) is 15.0 Å². The molecule has 0 aliphatic heterocycles. The number of ether oxygens (including phenoxy) is 3. The monoisotopic (exact) mass is 290 g/mol. The molecule has 0 amide bonds. The Kier molecular flexibility index (Phi) is 4.17. The highest BCUT2D eigenvalue weighted by molar-refractivity contribution is 5.92. The summed E-state index contributed by atoms with van der Waals surface area (Å²) < 4.78 is 15.0. The van der Waals surface area contributed by atoms with Crippen LogP contribution in [0.4, 0.5) is 5.82 Å². The number of methoxy groups -OCH3 is 3. The van der Waals surface area contributed by atoms with E-state index >= 15 is 0 Å². The summed E-state index contributed by atoms with van der Waals surface area (Å²) in [6, 6.07) is 1.67. The number of hydrogen-bond acceptors (Lipinski definition) is 8. The van der Waals surface area contributed by atoms with Gasteiger partial charge in [0.05, 0.1) is 38.8 Å². The first kappa shape index (κ1) is 14.5. The van der Waals surface area contributed by atoms with Crippen LogP contribution in [0.2, 0.25) is 0 Å². The van der Waals surface area contributed by atoms with E-state index in [0.717, 1.165) is 0 Å². The average molecular weight is 290 g/mol. The molecule has 0 fully saturated rings. The molecule has 8 nitrogen and oxygen atoms in total. The molecule has 0 unspecified atom stereocenters. The molecule has 8 heteroatoms. The van der Waals surface area contributed by atoms with Crippen molar-refractivity contribution in [2.45, 2.75) is 0 Å². The van der Waals surface area contributed by atoms with E-state index in [0.29, 0.717) is 22.9 Å². The number of carbonyl (C=O) groups excluding carboxylic acids is 1. The van der Waals surface area contributed by atoms with E-state index in [-0.39, 0.29) is 11.5 Å². The fourth-order valence-corrected chi connectivity index (χ4v) is 1.75. The van der Waals surface area contributed by atoms with Gasteiger partial charge in [0.1, 0.15) is 0 Å². The molecule has 0 aliphatic carbocycles. The van der Waals surface area contributed by atoms with E-state index in [9.17, 15) is 4.79 Å². The summed E-state index contributed by atoms with van der Waals surface area (Å²) >= 11 is 0. The molecule has 110 valence electrons. The SMILES string of the molecule is COC(=O)c1nc(-c2ccnc(OC)c2OC)cnc1N. The number of esters is 1. The number of nitrogens with zero attached hydrogens (tertiary/aromatic N) is 3. The van der Waals surface area contributed by atoms with E-state index in [1.165, 1.54) is 33.7 Å². The molecule has 2 heterocycles. The van der Waals surface area contributed by atoms with Gasteiger partial charge >= 0.3 is 5.97 Å². The van der Waals surface area contributed by atoms with Crippen LogP contribution in [0, 0.1) is 0 Å². The molecule has 0 aliphatic rings. The van der Waals surface area contributed by atoms with Crippen LogP contribution >= 0.6 is 0 Å². The maximum absolute atomic E-state index is 11.6. The lowest BCUT2D eigenvalue weighted by Gasteiger charge is -2.11. The van der Waals surface area contributed by atoms with Gasteiger partial charge in [-0.25, -0.2) is 19.7 Å². The summed E-state index contributed by atoms with van der Waals surface area (Å²) in [5.74, 6) is 0.00977. The number of carbonyl (C=O) groups is 1. The second-order valence-corrected chi connectivity index (χ2v) is 3.88. The predicted octanol–water partition coefficient (Wildman–Crippen LogP) is 0.925. The van der Waals surface area contributed by atoms with E-state index < -0.39 is 5.97 Å². The largest absolute Gasteiger partial charge is 0.491 e. The molecule has 0 radical (unpaired) electrons. The Hall–Kier alpha value is -2.90. The van der Waals surface area contributed by atoms with Crippen LogP contribution in [0.25, 0.3) is 11.3 Å². The van der Waals surface area contributed by atoms with Gasteiger partial charge in [-0.1, -0.05) is 0 Å². The third kappa shape index (κ3) is 2.69. The number of anilines is 1. The number of pyridine rings is 1. The summed E-state index contributed by atoms with van der Waals surface area (Å²) in [4.78, 5) is 23.8. The lowest BCUT2D eigenvalue weighted by Crippen LogP contribution is -2.11. The number of rotatable bonds is 4. The van der Waals surface area contributed by atoms with Crippen LogP contribution in [0.5, 0.6) is 11.6 Å². The fourth-order valence-electron chi connectivity index (χ4n) is 1.75. The molecule has 2 N–H and O–H groups in total. The summed E-state index contributed by atoms with van der Waals surface area (Å²) in [7, 11) is 4.20. The highest BCUT2D eigenvalue weighted by atomic mass is 16.5. The van der Waals surface area contributed by atoms with Gasteiger partial charge in [-0.2, -0.15) is 0 Å². The molecule has 2 aromatic heterocycles. The molecular formula is C13H14N4O4. The second-order valence-electron chi connectivity index (χ2n) is 3.88. The average Bonchev–Trinajstić information content (AvgIpc) is 2.53. The van der Waals surface area contributed by atoms with Gasteiger partial charge < -0.3 is 19.9 Å². The molecular weight excluding hydrogens is 276 g/mol. The summed E-state index contributed by atoms with van der Waals surface area (Å²) in [5, 5.41) is 0. The molecule has 0 spiro atoms. The maximum Gasteiger partial charge on any atom is 0.360 e. The predicted molar refractivity (Wildman–Crippen MR) is 74.1 cm³/mol. The normalized spacial score (nSPS) is 10.0. The first-order valence-corrected chi connectivity index (χ1v) is 5.90. The lowest BCUT2D eigenvalue weighted by atomic mass is 10.1. The third-order valence-electron chi connectivity index (χ3n) is 2.72. The first-order valence-electron chi connectivity index (χ1n) is 5.90. The molecule has 2 aromatic rings. The van der Waals surface area contributed by atoms with Crippen molar-refractivity contribution in [3.05, 3.63) is 24.2 Å². The minimum Gasteiger partial charge on any atom is -0.491 e. The molecule has 0 saturated heterocycles. The number of nitrogen functional groups attached to an aromatic ring is 1. The van der Waals surface area contributed by atoms with E-state index in [1.54, 1.807) is 6.07 Å². The van der Waals surface area contributed by atoms with Gasteiger partial charge in [0, 0.05) is 6.20 Å². The van der Waals surface area contributed by atoms with Gasteiger partial charge in [0.25, 0.3) is 5.88 Å². The molecule has 0 bridgehead atoms. The van der Waals surface area contributed by atoms with Crippen molar-refractivity contribution in [1.29, 1.82) is 0 Å². The van der Waals surface area contributed by atoms with Crippen molar-refractivity contribution < 1.29 is 19.0 Å². The van der Waals surface area contributed by atoms with E-state index in [2.05, 4.69) is 19.7 Å². The Morgan fingerprint density at radius 3 is 2.57 bits per heavy atom. The van der Waals surface area contributed by atoms with Crippen molar-refractivity contribution in [3.63, 3.8) is 0 Å². The van der Waals surface area contributed by atoms with E-state index in [1.807, 2.05) is 0 Å². The number of hydrogen-bond donors (Lipinski definition) is 1. The minimum atomic E-state index is -0.665. The van der Waals surface area contributed by atoms with Crippen LogP contribution in [0.3, 0.4) is 0 Å². The Labute approximate surface area is 120 Å². The quantitative estimate of drug-likeness (QED) is 0.828. The zero-order valence-electron chi connectivity index (χ0n) is 11.8.